The first-order chi connectivity index (χ1) is 8.16. The van der Waals surface area contributed by atoms with Gasteiger partial charge in [0.25, 0.3) is 0 Å². The number of ether oxygens (including phenoxy) is 2. The second-order valence-corrected chi connectivity index (χ2v) is 6.11. The SMILES string of the molecule is CCCOCCNS(=O)(=O)NC(=O)OC(C)(C)C. The van der Waals surface area contributed by atoms with E-state index >= 15 is 0 Å². The summed E-state index contributed by atoms with van der Waals surface area (Å²) < 4.78 is 36.6. The highest BCUT2D eigenvalue weighted by atomic mass is 32.2. The Morgan fingerprint density at radius 1 is 1.22 bits per heavy atom. The highest BCUT2D eigenvalue weighted by molar-refractivity contribution is 7.88. The van der Waals surface area contributed by atoms with Gasteiger partial charge in [-0.2, -0.15) is 13.1 Å². The van der Waals surface area contributed by atoms with Gasteiger partial charge in [0.05, 0.1) is 6.61 Å². The molecule has 18 heavy (non-hydrogen) atoms. The van der Waals surface area contributed by atoms with Crippen molar-refractivity contribution in [1.82, 2.24) is 9.44 Å². The van der Waals surface area contributed by atoms with Gasteiger partial charge in [-0.15, -0.1) is 0 Å². The lowest BCUT2D eigenvalue weighted by Crippen LogP contribution is -2.43. The summed E-state index contributed by atoms with van der Waals surface area (Å²) in [6.07, 6.45) is -0.146. The Morgan fingerprint density at radius 3 is 2.33 bits per heavy atom. The minimum absolute atomic E-state index is 0.0954. The lowest BCUT2D eigenvalue weighted by atomic mass is 10.2. The molecule has 0 radical (unpaired) electrons. The lowest BCUT2D eigenvalue weighted by Gasteiger charge is -2.19. The number of hydrogen-bond acceptors (Lipinski definition) is 5. The molecule has 108 valence electrons. The molecule has 0 spiro atoms. The fourth-order valence-corrected chi connectivity index (χ4v) is 1.62. The molecule has 0 aromatic carbocycles. The van der Waals surface area contributed by atoms with E-state index in [0.29, 0.717) is 6.61 Å². The highest BCUT2D eigenvalue weighted by Gasteiger charge is 2.20. The average molecular weight is 282 g/mol. The molecule has 8 heteroatoms. The Morgan fingerprint density at radius 2 is 1.83 bits per heavy atom. The maximum absolute atomic E-state index is 11.4. The monoisotopic (exact) mass is 282 g/mol. The molecule has 0 aliphatic rings. The van der Waals surface area contributed by atoms with Crippen LogP contribution >= 0.6 is 0 Å². The van der Waals surface area contributed by atoms with Crippen LogP contribution < -0.4 is 9.44 Å². The summed E-state index contributed by atoms with van der Waals surface area (Å²) in [6.45, 7) is 7.80. The molecule has 0 aromatic heterocycles. The molecule has 1 amide bonds. The Balaban J connectivity index is 3.97. The van der Waals surface area contributed by atoms with Crippen molar-refractivity contribution in [1.29, 1.82) is 0 Å². The Hall–Kier alpha value is -0.860. The summed E-state index contributed by atoms with van der Waals surface area (Å²) in [5, 5.41) is 0. The van der Waals surface area contributed by atoms with Crippen LogP contribution in [0, 0.1) is 0 Å². The first-order valence-corrected chi connectivity index (χ1v) is 7.23. The minimum atomic E-state index is -3.89. The molecule has 0 aromatic rings. The highest BCUT2D eigenvalue weighted by Crippen LogP contribution is 2.06. The fourth-order valence-electron chi connectivity index (χ4n) is 0.939. The predicted octanol–water partition coefficient (Wildman–Crippen LogP) is 0.772. The summed E-state index contributed by atoms with van der Waals surface area (Å²) in [7, 11) is -3.89. The van der Waals surface area contributed by atoms with E-state index in [4.69, 9.17) is 9.47 Å². The van der Waals surface area contributed by atoms with Gasteiger partial charge in [-0.3, -0.25) is 0 Å². The third kappa shape index (κ3) is 10.3. The smallest absolute Gasteiger partial charge is 0.422 e. The maximum atomic E-state index is 11.4. The molecule has 0 rings (SSSR count). The van der Waals surface area contributed by atoms with Crippen molar-refractivity contribution in [2.24, 2.45) is 0 Å². The zero-order chi connectivity index (χ0) is 14.2. The molecular weight excluding hydrogens is 260 g/mol. The van der Waals surface area contributed by atoms with E-state index in [1.165, 1.54) is 0 Å². The van der Waals surface area contributed by atoms with Crippen LogP contribution in [0.5, 0.6) is 0 Å². The Bertz CT molecular complexity index is 348. The van der Waals surface area contributed by atoms with E-state index in [2.05, 4.69) is 4.72 Å². The second-order valence-electron chi connectivity index (χ2n) is 4.61. The topological polar surface area (TPSA) is 93.7 Å². The zero-order valence-electron chi connectivity index (χ0n) is 11.3. The van der Waals surface area contributed by atoms with Crippen LogP contribution in [0.1, 0.15) is 34.1 Å². The summed E-state index contributed by atoms with van der Waals surface area (Å²) in [5.74, 6) is 0. The van der Waals surface area contributed by atoms with E-state index in [1.807, 2.05) is 6.92 Å². The van der Waals surface area contributed by atoms with Gasteiger partial charge in [-0.25, -0.2) is 9.52 Å². The number of hydrogen-bond donors (Lipinski definition) is 2. The quantitative estimate of drug-likeness (QED) is 0.673. The van der Waals surface area contributed by atoms with Crippen LogP contribution in [0.4, 0.5) is 4.79 Å². The molecule has 7 nitrogen and oxygen atoms in total. The van der Waals surface area contributed by atoms with Crippen molar-refractivity contribution in [3.8, 4) is 0 Å². The van der Waals surface area contributed by atoms with Crippen molar-refractivity contribution in [2.75, 3.05) is 19.8 Å². The summed E-state index contributed by atoms with van der Waals surface area (Å²) >= 11 is 0. The van der Waals surface area contributed by atoms with Gasteiger partial charge < -0.3 is 9.47 Å². The van der Waals surface area contributed by atoms with Crippen molar-refractivity contribution >= 4 is 16.3 Å². The largest absolute Gasteiger partial charge is 0.443 e. The molecule has 0 fully saturated rings. The number of carbonyl (C=O) groups is 1. The molecule has 0 aliphatic heterocycles. The van der Waals surface area contributed by atoms with E-state index in [9.17, 15) is 13.2 Å². The second kappa shape index (κ2) is 7.55. The summed E-state index contributed by atoms with van der Waals surface area (Å²) in [4.78, 5) is 11.2. The Labute approximate surface area is 108 Å². The van der Waals surface area contributed by atoms with Crippen molar-refractivity contribution in [3.05, 3.63) is 0 Å². The number of carbonyl (C=O) groups excluding carboxylic acids is 1. The lowest BCUT2D eigenvalue weighted by molar-refractivity contribution is 0.0569. The van der Waals surface area contributed by atoms with E-state index in [1.54, 1.807) is 25.5 Å². The van der Waals surface area contributed by atoms with Crippen molar-refractivity contribution in [3.63, 3.8) is 0 Å². The maximum Gasteiger partial charge on any atom is 0.422 e. The molecule has 2 N–H and O–H groups in total. The van der Waals surface area contributed by atoms with Crippen LogP contribution in [0.3, 0.4) is 0 Å². The van der Waals surface area contributed by atoms with E-state index in [0.717, 1.165) is 6.42 Å². The van der Waals surface area contributed by atoms with Gasteiger partial charge >= 0.3 is 16.3 Å². The molecule has 0 bridgehead atoms. The minimum Gasteiger partial charge on any atom is -0.443 e. The van der Waals surface area contributed by atoms with Crippen molar-refractivity contribution in [2.45, 2.75) is 39.7 Å². The average Bonchev–Trinajstić information content (AvgIpc) is 2.12. The fraction of sp³-hybridized carbons (Fsp3) is 0.900. The summed E-state index contributed by atoms with van der Waals surface area (Å²) in [5.41, 5.74) is -0.746. The van der Waals surface area contributed by atoms with Gasteiger partial charge in [-0.05, 0) is 27.2 Å². The van der Waals surface area contributed by atoms with Gasteiger partial charge in [0.1, 0.15) is 5.60 Å². The van der Waals surface area contributed by atoms with Crippen LogP contribution in [-0.4, -0.2) is 39.9 Å². The molecule has 0 aliphatic carbocycles. The van der Waals surface area contributed by atoms with E-state index < -0.39 is 21.9 Å². The van der Waals surface area contributed by atoms with Gasteiger partial charge in [0.15, 0.2) is 0 Å². The van der Waals surface area contributed by atoms with Gasteiger partial charge in [0, 0.05) is 13.2 Å². The van der Waals surface area contributed by atoms with Crippen molar-refractivity contribution < 1.29 is 22.7 Å². The molecule has 0 unspecified atom stereocenters. The van der Waals surface area contributed by atoms with Crippen LogP contribution in [0.2, 0.25) is 0 Å². The summed E-state index contributed by atoms with van der Waals surface area (Å²) in [6, 6.07) is 0. The predicted molar refractivity (Wildman–Crippen MR) is 67.4 cm³/mol. The number of nitrogens with one attached hydrogen (secondary N) is 2. The van der Waals surface area contributed by atoms with Crippen LogP contribution in [0.25, 0.3) is 0 Å². The molecule has 0 atom stereocenters. The van der Waals surface area contributed by atoms with Gasteiger partial charge in [0.2, 0.25) is 0 Å². The number of rotatable bonds is 7. The van der Waals surface area contributed by atoms with Crippen LogP contribution in [0.15, 0.2) is 0 Å². The third-order valence-electron chi connectivity index (χ3n) is 1.50. The first kappa shape index (κ1) is 17.1. The normalized spacial score (nSPS) is 12.2. The third-order valence-corrected chi connectivity index (χ3v) is 2.52. The molecule has 0 heterocycles. The zero-order valence-corrected chi connectivity index (χ0v) is 12.1. The standard InChI is InChI=1S/C10H22N2O5S/c1-5-7-16-8-6-11-18(14,15)12-9(13)17-10(2,3)4/h11H,5-8H2,1-4H3,(H,12,13). The molecule has 0 saturated carbocycles. The first-order valence-electron chi connectivity index (χ1n) is 5.74. The molecular formula is C10H22N2O5S. The van der Waals surface area contributed by atoms with E-state index in [-0.39, 0.29) is 13.2 Å². The molecule has 0 saturated heterocycles. The Kier molecular flexibility index (Phi) is 7.19. The number of amides is 1. The van der Waals surface area contributed by atoms with Crippen LogP contribution in [-0.2, 0) is 19.7 Å². The van der Waals surface area contributed by atoms with Gasteiger partial charge in [-0.1, -0.05) is 6.92 Å².